The van der Waals surface area contributed by atoms with Gasteiger partial charge in [0.2, 0.25) is 0 Å². The van der Waals surface area contributed by atoms with Crippen molar-refractivity contribution in [2.24, 2.45) is 5.92 Å². The Kier molecular flexibility index (Phi) is 3.56. The number of rotatable bonds is 0. The zero-order valence-corrected chi connectivity index (χ0v) is 14.7. The molecule has 0 amide bonds. The van der Waals surface area contributed by atoms with Crippen molar-refractivity contribution >= 4 is 0 Å². The molecule has 1 aromatic heterocycles. The van der Waals surface area contributed by atoms with Crippen LogP contribution < -0.4 is 0 Å². The van der Waals surface area contributed by atoms with Gasteiger partial charge in [0.15, 0.2) is 0 Å². The van der Waals surface area contributed by atoms with Crippen molar-refractivity contribution in [2.75, 3.05) is 0 Å². The second-order valence-electron chi connectivity index (χ2n) is 7.39. The van der Waals surface area contributed by atoms with E-state index in [1.807, 2.05) is 12.5 Å². The standard InChI is InChI=1S/C14H14N2.C8H10/c1-10-6-14(7-10)12-5-3-2-4-11(12)13-8-15-9-16(13)14;1-7-3-5-8(2)6-4-7/h2-5,8-10H,6-7H2,1H3;3-6H,1-2H3. The lowest BCUT2D eigenvalue weighted by atomic mass is 9.66. The first-order valence-electron chi connectivity index (χ1n) is 8.76. The molecule has 2 heteroatoms. The molecule has 24 heavy (non-hydrogen) atoms. The van der Waals surface area contributed by atoms with Crippen molar-refractivity contribution in [1.29, 1.82) is 0 Å². The number of hydrogen-bond acceptors (Lipinski definition) is 1. The van der Waals surface area contributed by atoms with E-state index < -0.39 is 0 Å². The van der Waals surface area contributed by atoms with Crippen LogP contribution in [-0.4, -0.2) is 9.55 Å². The van der Waals surface area contributed by atoms with Crippen LogP contribution in [0.25, 0.3) is 11.3 Å². The van der Waals surface area contributed by atoms with Crippen LogP contribution in [-0.2, 0) is 5.54 Å². The number of fused-ring (bicyclic) bond motifs is 5. The topological polar surface area (TPSA) is 17.8 Å². The Morgan fingerprint density at radius 3 is 2.21 bits per heavy atom. The van der Waals surface area contributed by atoms with Crippen LogP contribution in [0.1, 0.15) is 36.5 Å². The summed E-state index contributed by atoms with van der Waals surface area (Å²) in [6.45, 7) is 6.53. The molecule has 3 aromatic rings. The van der Waals surface area contributed by atoms with Gasteiger partial charge in [-0.05, 0) is 38.2 Å². The van der Waals surface area contributed by atoms with E-state index in [-0.39, 0.29) is 5.54 Å². The second kappa shape index (κ2) is 5.62. The minimum Gasteiger partial charge on any atom is -0.320 e. The molecule has 1 spiro atoms. The van der Waals surface area contributed by atoms with Crippen molar-refractivity contribution in [1.82, 2.24) is 9.55 Å². The molecule has 2 aliphatic rings. The normalized spacial score (nSPS) is 23.0. The molecule has 2 aromatic carbocycles. The third-order valence-corrected chi connectivity index (χ3v) is 5.39. The molecule has 122 valence electrons. The van der Waals surface area contributed by atoms with Crippen molar-refractivity contribution in [2.45, 2.75) is 39.2 Å². The molecule has 0 bridgehead atoms. The summed E-state index contributed by atoms with van der Waals surface area (Å²) in [6.07, 6.45) is 6.51. The maximum Gasteiger partial charge on any atom is 0.0959 e. The molecule has 0 atom stereocenters. The Hall–Kier alpha value is -2.35. The van der Waals surface area contributed by atoms with E-state index in [9.17, 15) is 0 Å². The van der Waals surface area contributed by atoms with E-state index in [0.29, 0.717) is 0 Å². The van der Waals surface area contributed by atoms with Crippen LogP contribution in [0.15, 0.2) is 61.1 Å². The van der Waals surface area contributed by atoms with Gasteiger partial charge in [-0.15, -0.1) is 0 Å². The zero-order valence-electron chi connectivity index (χ0n) is 14.7. The SMILES string of the molecule is CC1CC2(C1)c1ccccc1-c1cncn12.Cc1ccc(C)cc1. The van der Waals surface area contributed by atoms with Crippen LogP contribution in [0.3, 0.4) is 0 Å². The fourth-order valence-electron chi connectivity index (χ4n) is 4.22. The van der Waals surface area contributed by atoms with Gasteiger partial charge in [-0.1, -0.05) is 66.6 Å². The van der Waals surface area contributed by atoms with Crippen molar-refractivity contribution in [3.05, 3.63) is 77.7 Å². The third-order valence-electron chi connectivity index (χ3n) is 5.39. The molecule has 1 fully saturated rings. The molecular formula is C22H24N2. The van der Waals surface area contributed by atoms with E-state index in [4.69, 9.17) is 0 Å². The predicted octanol–water partition coefficient (Wildman–Crippen LogP) is 5.34. The molecule has 0 N–H and O–H groups in total. The molecule has 0 radical (unpaired) electrons. The maximum atomic E-state index is 4.31. The predicted molar refractivity (Wildman–Crippen MR) is 99.1 cm³/mol. The number of imidazole rings is 1. The maximum absolute atomic E-state index is 4.31. The molecule has 0 saturated heterocycles. The van der Waals surface area contributed by atoms with Crippen LogP contribution in [0, 0.1) is 19.8 Å². The molecular weight excluding hydrogens is 292 g/mol. The molecule has 0 unspecified atom stereocenters. The number of nitrogens with zero attached hydrogens (tertiary/aromatic N) is 2. The molecule has 1 aliphatic heterocycles. The minimum atomic E-state index is 0.238. The van der Waals surface area contributed by atoms with Crippen molar-refractivity contribution in [3.63, 3.8) is 0 Å². The quantitative estimate of drug-likeness (QED) is 0.547. The van der Waals surface area contributed by atoms with Gasteiger partial charge < -0.3 is 4.57 Å². The Balaban J connectivity index is 0.000000155. The first-order chi connectivity index (χ1) is 11.6. The molecule has 2 heterocycles. The first kappa shape index (κ1) is 15.2. The van der Waals surface area contributed by atoms with Crippen LogP contribution >= 0.6 is 0 Å². The summed E-state index contributed by atoms with van der Waals surface area (Å²) in [4.78, 5) is 4.31. The lowest BCUT2D eigenvalue weighted by molar-refractivity contribution is 0.130. The average molecular weight is 316 g/mol. The molecule has 5 rings (SSSR count). The fourth-order valence-corrected chi connectivity index (χ4v) is 4.22. The van der Waals surface area contributed by atoms with Gasteiger partial charge in [0.05, 0.1) is 23.8 Å². The molecule has 1 aliphatic carbocycles. The summed E-state index contributed by atoms with van der Waals surface area (Å²) < 4.78 is 2.39. The summed E-state index contributed by atoms with van der Waals surface area (Å²) in [5.41, 5.74) is 7.08. The number of benzene rings is 2. The zero-order chi connectivity index (χ0) is 16.7. The first-order valence-corrected chi connectivity index (χ1v) is 8.76. The van der Waals surface area contributed by atoms with Gasteiger partial charge in [-0.2, -0.15) is 0 Å². The third kappa shape index (κ3) is 2.29. The van der Waals surface area contributed by atoms with E-state index in [1.54, 1.807) is 0 Å². The number of hydrogen-bond donors (Lipinski definition) is 0. The number of aromatic nitrogens is 2. The smallest absolute Gasteiger partial charge is 0.0959 e. The van der Waals surface area contributed by atoms with Gasteiger partial charge in [-0.3, -0.25) is 0 Å². The highest BCUT2D eigenvalue weighted by Crippen LogP contribution is 2.56. The Bertz CT molecular complexity index is 831. The van der Waals surface area contributed by atoms with E-state index in [1.165, 1.54) is 40.8 Å². The van der Waals surface area contributed by atoms with E-state index >= 15 is 0 Å². The highest BCUT2D eigenvalue weighted by Gasteiger charge is 2.50. The van der Waals surface area contributed by atoms with Gasteiger partial charge >= 0.3 is 0 Å². The Labute approximate surface area is 144 Å². The largest absolute Gasteiger partial charge is 0.320 e. The summed E-state index contributed by atoms with van der Waals surface area (Å²) in [6, 6.07) is 17.3. The average Bonchev–Trinajstić information content (AvgIpc) is 3.13. The van der Waals surface area contributed by atoms with Crippen molar-refractivity contribution < 1.29 is 0 Å². The van der Waals surface area contributed by atoms with Gasteiger partial charge in [-0.25, -0.2) is 4.98 Å². The minimum absolute atomic E-state index is 0.238. The van der Waals surface area contributed by atoms with Crippen LogP contribution in [0.5, 0.6) is 0 Å². The second-order valence-corrected chi connectivity index (χ2v) is 7.39. The van der Waals surface area contributed by atoms with Crippen LogP contribution in [0.2, 0.25) is 0 Å². The summed E-state index contributed by atoms with van der Waals surface area (Å²) in [7, 11) is 0. The van der Waals surface area contributed by atoms with Gasteiger partial charge in [0, 0.05) is 5.56 Å². The summed E-state index contributed by atoms with van der Waals surface area (Å²) in [5.74, 6) is 0.835. The van der Waals surface area contributed by atoms with Gasteiger partial charge in [0.1, 0.15) is 0 Å². The van der Waals surface area contributed by atoms with E-state index in [2.05, 4.69) is 78.9 Å². The lowest BCUT2D eigenvalue weighted by Gasteiger charge is -2.45. The van der Waals surface area contributed by atoms with Crippen LogP contribution in [0.4, 0.5) is 0 Å². The van der Waals surface area contributed by atoms with E-state index in [0.717, 1.165) is 5.92 Å². The monoisotopic (exact) mass is 316 g/mol. The summed E-state index contributed by atoms with van der Waals surface area (Å²) >= 11 is 0. The van der Waals surface area contributed by atoms with Gasteiger partial charge in [0.25, 0.3) is 0 Å². The summed E-state index contributed by atoms with van der Waals surface area (Å²) in [5, 5.41) is 0. The highest BCUT2D eigenvalue weighted by molar-refractivity contribution is 5.71. The molecule has 2 nitrogen and oxygen atoms in total. The Morgan fingerprint density at radius 1 is 0.958 bits per heavy atom. The fraction of sp³-hybridized carbons (Fsp3) is 0.318. The lowest BCUT2D eigenvalue weighted by Crippen LogP contribution is -2.43. The molecule has 1 saturated carbocycles. The van der Waals surface area contributed by atoms with Crippen molar-refractivity contribution in [3.8, 4) is 11.3 Å². The highest BCUT2D eigenvalue weighted by atomic mass is 15.2. The number of aryl methyl sites for hydroxylation is 2. The Morgan fingerprint density at radius 2 is 1.58 bits per heavy atom.